The molecule has 0 spiro atoms. The molecule has 1 fully saturated rings. The van der Waals surface area contributed by atoms with Crippen molar-refractivity contribution in [3.8, 4) is 0 Å². The van der Waals surface area contributed by atoms with E-state index < -0.39 is 54.3 Å². The first-order valence-corrected chi connectivity index (χ1v) is 24.7. The molecule has 69 heavy (non-hydrogen) atoms. The molecular weight excluding hydrogens is 893 g/mol. The van der Waals surface area contributed by atoms with Gasteiger partial charge < -0.3 is 63.7 Å². The molecule has 2 rings (SSSR count). The van der Waals surface area contributed by atoms with Crippen molar-refractivity contribution in [1.29, 1.82) is 0 Å². The first-order chi connectivity index (χ1) is 32.9. The number of carbonyl (C=O) groups is 5. The van der Waals surface area contributed by atoms with Gasteiger partial charge in [-0.05, 0) is 43.1 Å². The summed E-state index contributed by atoms with van der Waals surface area (Å²) in [5, 5.41) is 16.8. The predicted molar refractivity (Wildman–Crippen MR) is 261 cm³/mol. The summed E-state index contributed by atoms with van der Waals surface area (Å²) in [4.78, 5) is 79.2. The number of nitrogens with zero attached hydrogens (tertiary/aromatic N) is 3. The fraction of sp³-hybridized carbons (Fsp3) is 0.780. The number of ether oxygens (including phenoxy) is 6. The third-order valence-electron chi connectivity index (χ3n) is 13.1. The van der Waals surface area contributed by atoms with Gasteiger partial charge in [-0.15, -0.1) is 0 Å². The first-order valence-electron chi connectivity index (χ1n) is 24.7. The molecule has 19 nitrogen and oxygen atoms in total. The molecule has 10 atom stereocenters. The molecule has 0 aliphatic carbocycles. The van der Waals surface area contributed by atoms with Gasteiger partial charge >= 0.3 is 0 Å². The second-order valence-corrected chi connectivity index (χ2v) is 18.7. The molecule has 0 unspecified atom stereocenters. The van der Waals surface area contributed by atoms with E-state index in [9.17, 15) is 29.1 Å². The molecule has 1 aliphatic rings. The highest BCUT2D eigenvalue weighted by molar-refractivity contribution is 5.92. The van der Waals surface area contributed by atoms with E-state index >= 15 is 0 Å². The lowest BCUT2D eigenvalue weighted by Gasteiger charge is -2.41. The molecule has 1 heterocycles. The van der Waals surface area contributed by atoms with E-state index in [4.69, 9.17) is 34.3 Å². The number of amides is 5. The molecule has 1 saturated heterocycles. The Kier molecular flexibility index (Phi) is 29.3. The summed E-state index contributed by atoms with van der Waals surface area (Å²) in [6.07, 6.45) is -0.190. The zero-order valence-electron chi connectivity index (χ0n) is 43.7. The molecule has 1 aromatic carbocycles. The SMILES string of the molecule is CC[C@H](C)[C@@H]([C@@H](CC(=O)N1CCC[C@H]1[C@H](OC)[C@@H](C)C(=O)N[C@H](C)[C@@H](O)c1ccccc1)OC)N(C)C(=O)[C@@H](NC(=O)[C@H](C(C)C)N(C)C(=O)CCOCCOCCOCCOCCON)C(C)C. The number of aliphatic hydroxyl groups is 1. The molecule has 5 amide bonds. The van der Waals surface area contributed by atoms with Crippen LogP contribution in [0.3, 0.4) is 0 Å². The number of methoxy groups -OCH3 is 2. The highest BCUT2D eigenvalue weighted by atomic mass is 16.6. The monoisotopic (exact) mass is 981 g/mol. The van der Waals surface area contributed by atoms with Gasteiger partial charge in [0.1, 0.15) is 12.1 Å². The van der Waals surface area contributed by atoms with Crippen LogP contribution in [0.5, 0.6) is 0 Å². The van der Waals surface area contributed by atoms with Crippen LogP contribution in [-0.2, 0) is 57.2 Å². The van der Waals surface area contributed by atoms with Crippen LogP contribution in [-0.4, -0.2) is 186 Å². The van der Waals surface area contributed by atoms with E-state index in [1.165, 1.54) is 19.1 Å². The highest BCUT2D eigenvalue weighted by Crippen LogP contribution is 2.30. The van der Waals surface area contributed by atoms with Crippen LogP contribution in [0, 0.1) is 23.7 Å². The quantitative estimate of drug-likeness (QED) is 0.0566. The van der Waals surface area contributed by atoms with Crippen molar-refractivity contribution in [3.63, 3.8) is 0 Å². The minimum absolute atomic E-state index is 0.0343. The lowest BCUT2D eigenvalue weighted by molar-refractivity contribution is -0.148. The number of aliphatic hydroxyl groups excluding tert-OH is 1. The Labute approximate surface area is 412 Å². The Hall–Kier alpha value is -3.79. The normalized spacial score (nSPS) is 17.9. The van der Waals surface area contributed by atoms with Crippen LogP contribution in [0.25, 0.3) is 0 Å². The summed E-state index contributed by atoms with van der Waals surface area (Å²) in [5.74, 6) is 2.04. The van der Waals surface area contributed by atoms with Gasteiger partial charge in [-0.25, -0.2) is 5.90 Å². The molecule has 396 valence electrons. The molecule has 19 heteroatoms. The van der Waals surface area contributed by atoms with Gasteiger partial charge in [-0.2, -0.15) is 0 Å². The third-order valence-corrected chi connectivity index (χ3v) is 13.1. The van der Waals surface area contributed by atoms with Crippen molar-refractivity contribution >= 4 is 29.5 Å². The van der Waals surface area contributed by atoms with E-state index in [0.717, 1.165) is 6.42 Å². The Morgan fingerprint density at radius 2 is 1.33 bits per heavy atom. The first kappa shape index (κ1) is 61.3. The smallest absolute Gasteiger partial charge is 0.245 e. The number of benzene rings is 1. The Balaban J connectivity index is 2.07. The van der Waals surface area contributed by atoms with Gasteiger partial charge in [0.25, 0.3) is 0 Å². The second-order valence-electron chi connectivity index (χ2n) is 18.7. The van der Waals surface area contributed by atoms with Crippen molar-refractivity contribution in [1.82, 2.24) is 25.3 Å². The molecule has 5 N–H and O–H groups in total. The minimum Gasteiger partial charge on any atom is -0.386 e. The minimum atomic E-state index is -0.944. The number of nitrogens with two attached hydrogens (primary N) is 1. The largest absolute Gasteiger partial charge is 0.386 e. The predicted octanol–water partition coefficient (Wildman–Crippen LogP) is 3.12. The van der Waals surface area contributed by atoms with E-state index in [-0.39, 0.29) is 73.5 Å². The summed E-state index contributed by atoms with van der Waals surface area (Å²) in [5.41, 5.74) is 0.691. The highest BCUT2D eigenvalue weighted by Gasteiger charge is 2.43. The van der Waals surface area contributed by atoms with Gasteiger partial charge in [0.05, 0.1) is 115 Å². The number of nitrogens with one attached hydrogen (secondary N) is 2. The van der Waals surface area contributed by atoms with Crippen molar-refractivity contribution in [2.75, 3.05) is 94.3 Å². The summed E-state index contributed by atoms with van der Waals surface area (Å²) < 4.78 is 33.8. The van der Waals surface area contributed by atoms with Gasteiger partial charge in [-0.3, -0.25) is 24.0 Å². The van der Waals surface area contributed by atoms with E-state index in [1.54, 1.807) is 49.9 Å². The molecule has 1 aliphatic heterocycles. The van der Waals surface area contributed by atoms with E-state index in [0.29, 0.717) is 71.2 Å². The molecule has 0 radical (unpaired) electrons. The topological polar surface area (TPSA) is 230 Å². The average Bonchev–Trinajstić information content (AvgIpc) is 3.82. The van der Waals surface area contributed by atoms with Crippen LogP contribution in [0.4, 0.5) is 0 Å². The zero-order chi connectivity index (χ0) is 51.6. The Morgan fingerprint density at radius 3 is 1.84 bits per heavy atom. The molecule has 0 saturated carbocycles. The fourth-order valence-electron chi connectivity index (χ4n) is 8.94. The van der Waals surface area contributed by atoms with Gasteiger partial charge in [0.15, 0.2) is 0 Å². The van der Waals surface area contributed by atoms with E-state index in [2.05, 4.69) is 15.5 Å². The number of carbonyl (C=O) groups excluding carboxylic acids is 5. The van der Waals surface area contributed by atoms with Crippen LogP contribution in [0.1, 0.15) is 99.2 Å². The van der Waals surface area contributed by atoms with Crippen molar-refractivity contribution in [3.05, 3.63) is 35.9 Å². The van der Waals surface area contributed by atoms with Crippen molar-refractivity contribution in [2.45, 2.75) is 136 Å². The van der Waals surface area contributed by atoms with Gasteiger partial charge in [0.2, 0.25) is 29.5 Å². The Bertz CT molecular complexity index is 1640. The van der Waals surface area contributed by atoms with Gasteiger partial charge in [0, 0.05) is 34.9 Å². The summed E-state index contributed by atoms with van der Waals surface area (Å²) in [6, 6.07) is 5.82. The summed E-state index contributed by atoms with van der Waals surface area (Å²) in [7, 11) is 6.33. The summed E-state index contributed by atoms with van der Waals surface area (Å²) in [6.45, 7) is 18.5. The standard InChI is InChI=1S/C50H88N6O13/c1-13-35(6)45(40(63-11)32-42(58)56-22-17-20-39(56)47(64-12)36(7)48(60)52-37(8)46(59)38-18-15-14-16-19-38)55(10)50(62)43(33(2)3)53-49(61)44(34(4)5)54(9)41(57)21-23-65-24-25-66-26-27-67-28-29-68-30-31-69-51/h14-16,18-19,33-37,39-40,43-47,59H,13,17,20-32,51H2,1-12H3,(H,52,60)(H,53,61)/t35-,36+,37+,39-,40+,43-,44-,45-,46+,47+/m0/s1. The summed E-state index contributed by atoms with van der Waals surface area (Å²) >= 11 is 0. The van der Waals surface area contributed by atoms with E-state index in [1.807, 2.05) is 59.7 Å². The van der Waals surface area contributed by atoms with Crippen LogP contribution >= 0.6 is 0 Å². The number of rotatable bonds is 35. The van der Waals surface area contributed by atoms with Crippen LogP contribution in [0.15, 0.2) is 30.3 Å². The molecule has 0 aromatic heterocycles. The second kappa shape index (κ2) is 33.0. The lowest BCUT2D eigenvalue weighted by atomic mass is 9.89. The zero-order valence-corrected chi connectivity index (χ0v) is 43.7. The fourth-order valence-corrected chi connectivity index (χ4v) is 8.94. The lowest BCUT2D eigenvalue weighted by Crippen LogP contribution is -2.60. The Morgan fingerprint density at radius 1 is 0.768 bits per heavy atom. The van der Waals surface area contributed by atoms with Crippen molar-refractivity contribution < 1.29 is 62.3 Å². The third kappa shape index (κ3) is 19.7. The number of hydrogen-bond donors (Lipinski definition) is 4. The molecular formula is C50H88N6O13. The van der Waals surface area contributed by atoms with Gasteiger partial charge in [-0.1, -0.05) is 85.2 Å². The number of likely N-dealkylation sites (tertiary alicyclic amines) is 1. The number of likely N-dealkylation sites (N-methyl/N-ethyl adjacent to an activating group) is 2. The maximum Gasteiger partial charge on any atom is 0.245 e. The van der Waals surface area contributed by atoms with Crippen LogP contribution in [0.2, 0.25) is 0 Å². The van der Waals surface area contributed by atoms with Crippen molar-refractivity contribution in [2.24, 2.45) is 29.6 Å². The maximum absolute atomic E-state index is 14.6. The molecule has 0 bridgehead atoms. The van der Waals surface area contributed by atoms with Crippen LogP contribution < -0.4 is 16.5 Å². The number of hydrogen-bond acceptors (Lipinski definition) is 14. The average molecular weight is 981 g/mol. The maximum atomic E-state index is 14.6. The molecule has 1 aromatic rings.